The highest BCUT2D eigenvalue weighted by Gasteiger charge is 2.08. The Hall–Kier alpha value is -0.813. The first kappa shape index (κ1) is 10.2. The van der Waals surface area contributed by atoms with E-state index in [0.717, 1.165) is 0 Å². The summed E-state index contributed by atoms with van der Waals surface area (Å²) in [5, 5.41) is 0. The maximum Gasteiger partial charge on any atom is 0.230 e. The van der Waals surface area contributed by atoms with E-state index < -0.39 is 8.07 Å². The van der Waals surface area contributed by atoms with E-state index in [1.165, 1.54) is 0 Å². The molecule has 0 aromatic heterocycles. The number of carbonyl (C=O) groups excluding carboxylic acids is 1. The zero-order valence-electron chi connectivity index (χ0n) is 7.62. The van der Waals surface area contributed by atoms with Gasteiger partial charge in [0.15, 0.2) is 0 Å². The third-order valence-corrected chi connectivity index (χ3v) is 1.81. The van der Waals surface area contributed by atoms with Crippen LogP contribution in [0.15, 0.2) is 12.2 Å². The number of rotatable bonds is 1. The predicted octanol–water partition coefficient (Wildman–Crippen LogP) is 2.01. The second-order valence-electron chi connectivity index (χ2n) is 3.61. The Kier molecular flexibility index (Phi) is 3.28. The van der Waals surface area contributed by atoms with Gasteiger partial charge in [0.2, 0.25) is 5.78 Å². The molecule has 0 fully saturated rings. The summed E-state index contributed by atoms with van der Waals surface area (Å²) in [5.41, 5.74) is 3.51. The van der Waals surface area contributed by atoms with Crippen molar-refractivity contribution in [1.82, 2.24) is 0 Å². The first-order chi connectivity index (χ1) is 4.83. The minimum Gasteiger partial charge on any atom is -0.280 e. The van der Waals surface area contributed by atoms with Crippen LogP contribution < -0.4 is 0 Å². The molecule has 0 aliphatic rings. The first-order valence-electron chi connectivity index (χ1n) is 3.56. The second-order valence-corrected chi connectivity index (χ2v) is 8.36. The number of hydrogen-bond acceptors (Lipinski definition) is 1. The molecule has 0 saturated heterocycles. The lowest BCUT2D eigenvalue weighted by Gasteiger charge is -2.02. The minimum absolute atomic E-state index is 0.132. The summed E-state index contributed by atoms with van der Waals surface area (Å²) in [6.45, 7) is 11.5. The third kappa shape index (κ3) is 5.62. The molecule has 0 bridgehead atoms. The van der Waals surface area contributed by atoms with E-state index in [1.807, 2.05) is 0 Å². The van der Waals surface area contributed by atoms with E-state index in [0.29, 0.717) is 5.57 Å². The molecule has 0 heterocycles. The fourth-order valence-electron chi connectivity index (χ4n) is 0.351. The smallest absolute Gasteiger partial charge is 0.230 e. The van der Waals surface area contributed by atoms with Crippen molar-refractivity contribution in [2.75, 3.05) is 0 Å². The Morgan fingerprint density at radius 1 is 1.36 bits per heavy atom. The number of allylic oxidation sites excluding steroid dienone is 1. The summed E-state index contributed by atoms with van der Waals surface area (Å²) in [6, 6.07) is 0. The van der Waals surface area contributed by atoms with Crippen LogP contribution in [0.25, 0.3) is 0 Å². The van der Waals surface area contributed by atoms with Crippen molar-refractivity contribution in [2.24, 2.45) is 0 Å². The molecule has 0 aliphatic carbocycles. The summed E-state index contributed by atoms with van der Waals surface area (Å²) in [7, 11) is -1.39. The lowest BCUT2D eigenvalue weighted by atomic mass is 10.2. The maximum absolute atomic E-state index is 10.9. The number of Topliss-reactive ketones (excluding diaryl/α,β-unsaturated/α-hetero) is 1. The van der Waals surface area contributed by atoms with E-state index in [9.17, 15) is 4.79 Å². The van der Waals surface area contributed by atoms with E-state index in [2.05, 4.69) is 37.7 Å². The van der Waals surface area contributed by atoms with E-state index >= 15 is 0 Å². The average Bonchev–Trinajstić information content (AvgIpc) is 1.80. The Bertz CT molecular complexity index is 235. The van der Waals surface area contributed by atoms with Crippen LogP contribution in [0, 0.1) is 11.5 Å². The molecule has 0 aromatic rings. The van der Waals surface area contributed by atoms with E-state index in [-0.39, 0.29) is 5.78 Å². The molecule has 1 nitrogen and oxygen atoms in total. The minimum atomic E-state index is -1.39. The van der Waals surface area contributed by atoms with Gasteiger partial charge in [0, 0.05) is 0 Å². The summed E-state index contributed by atoms with van der Waals surface area (Å²) in [6.07, 6.45) is 0. The summed E-state index contributed by atoms with van der Waals surface area (Å²) in [4.78, 5) is 10.9. The molecular formula is C9H14OSi. The van der Waals surface area contributed by atoms with Gasteiger partial charge in [-0.1, -0.05) is 26.2 Å². The highest BCUT2D eigenvalue weighted by molar-refractivity contribution is 6.84. The van der Waals surface area contributed by atoms with Crippen LogP contribution in [-0.2, 0) is 4.79 Å². The Morgan fingerprint density at radius 2 is 1.82 bits per heavy atom. The Labute approximate surface area is 69.5 Å². The van der Waals surface area contributed by atoms with Gasteiger partial charge in [-0.3, -0.25) is 4.79 Å². The Morgan fingerprint density at radius 3 is 2.09 bits per heavy atom. The van der Waals surface area contributed by atoms with Crippen molar-refractivity contribution in [3.05, 3.63) is 12.2 Å². The summed E-state index contributed by atoms with van der Waals surface area (Å²) < 4.78 is 0. The second kappa shape index (κ2) is 3.54. The highest BCUT2D eigenvalue weighted by atomic mass is 28.3. The van der Waals surface area contributed by atoms with Crippen LogP contribution in [0.1, 0.15) is 6.92 Å². The molecule has 0 unspecified atom stereocenters. The predicted molar refractivity (Wildman–Crippen MR) is 50.9 cm³/mol. The number of ketones is 1. The third-order valence-electron chi connectivity index (χ3n) is 0.939. The highest BCUT2D eigenvalue weighted by Crippen LogP contribution is 1.97. The SMILES string of the molecule is C=C(C)C(=O)C#C[Si](C)(C)C. The number of hydrogen-bond donors (Lipinski definition) is 0. The Balaban J connectivity index is 4.32. The van der Waals surface area contributed by atoms with Crippen molar-refractivity contribution < 1.29 is 4.79 Å². The zero-order chi connectivity index (χ0) is 9.07. The quantitative estimate of drug-likeness (QED) is 0.331. The molecular weight excluding hydrogens is 152 g/mol. The van der Waals surface area contributed by atoms with Gasteiger partial charge in [-0.25, -0.2) is 0 Å². The zero-order valence-corrected chi connectivity index (χ0v) is 8.62. The van der Waals surface area contributed by atoms with Crippen LogP contribution >= 0.6 is 0 Å². The van der Waals surface area contributed by atoms with Gasteiger partial charge in [0.05, 0.1) is 0 Å². The molecule has 0 spiro atoms. The van der Waals surface area contributed by atoms with Crippen LogP contribution in [0.5, 0.6) is 0 Å². The summed E-state index contributed by atoms with van der Waals surface area (Å²) >= 11 is 0. The lowest BCUT2D eigenvalue weighted by Crippen LogP contribution is -2.17. The van der Waals surface area contributed by atoms with Gasteiger partial charge in [-0.15, -0.1) is 5.54 Å². The first-order valence-corrected chi connectivity index (χ1v) is 7.06. The fraction of sp³-hybridized carbons (Fsp3) is 0.444. The van der Waals surface area contributed by atoms with Crippen LogP contribution in [-0.4, -0.2) is 13.9 Å². The van der Waals surface area contributed by atoms with Crippen molar-refractivity contribution in [2.45, 2.75) is 26.6 Å². The van der Waals surface area contributed by atoms with Gasteiger partial charge in [0.25, 0.3) is 0 Å². The van der Waals surface area contributed by atoms with Crippen molar-refractivity contribution in [3.63, 3.8) is 0 Å². The monoisotopic (exact) mass is 166 g/mol. The topological polar surface area (TPSA) is 17.1 Å². The molecule has 0 radical (unpaired) electrons. The lowest BCUT2D eigenvalue weighted by molar-refractivity contribution is -0.110. The van der Waals surface area contributed by atoms with Crippen LogP contribution in [0.2, 0.25) is 19.6 Å². The number of carbonyl (C=O) groups is 1. The van der Waals surface area contributed by atoms with Crippen molar-refractivity contribution in [3.8, 4) is 11.5 Å². The van der Waals surface area contributed by atoms with Crippen molar-refractivity contribution >= 4 is 13.9 Å². The molecule has 2 heteroatoms. The normalized spacial score (nSPS) is 9.82. The van der Waals surface area contributed by atoms with E-state index in [4.69, 9.17) is 0 Å². The average molecular weight is 166 g/mol. The summed E-state index contributed by atoms with van der Waals surface area (Å²) in [5.74, 6) is 2.46. The van der Waals surface area contributed by atoms with Crippen LogP contribution in [0.4, 0.5) is 0 Å². The van der Waals surface area contributed by atoms with Gasteiger partial charge in [0.1, 0.15) is 8.07 Å². The molecule has 0 amide bonds. The molecule has 0 N–H and O–H groups in total. The van der Waals surface area contributed by atoms with Gasteiger partial charge >= 0.3 is 0 Å². The molecule has 60 valence electrons. The van der Waals surface area contributed by atoms with E-state index in [1.54, 1.807) is 6.92 Å². The fourth-order valence-corrected chi connectivity index (χ4v) is 0.839. The molecule has 0 aromatic carbocycles. The molecule has 0 aliphatic heterocycles. The maximum atomic E-state index is 10.9. The molecule has 0 rings (SSSR count). The standard InChI is InChI=1S/C9H14OSi/c1-8(2)9(10)6-7-11(3,4)5/h1H2,2-5H3. The molecule has 0 atom stereocenters. The van der Waals surface area contributed by atoms with Gasteiger partial charge < -0.3 is 0 Å². The van der Waals surface area contributed by atoms with Crippen molar-refractivity contribution in [1.29, 1.82) is 0 Å². The molecule has 0 saturated carbocycles. The van der Waals surface area contributed by atoms with Crippen LogP contribution in [0.3, 0.4) is 0 Å². The largest absolute Gasteiger partial charge is 0.280 e. The van der Waals surface area contributed by atoms with Gasteiger partial charge in [-0.05, 0) is 18.4 Å². The van der Waals surface area contributed by atoms with Gasteiger partial charge in [-0.2, -0.15) is 0 Å². The molecule has 11 heavy (non-hydrogen) atoms.